The Morgan fingerprint density at radius 2 is 1.83 bits per heavy atom. The van der Waals surface area contributed by atoms with E-state index in [2.05, 4.69) is 4.72 Å². The average Bonchev–Trinajstić information content (AvgIpc) is 2.28. The summed E-state index contributed by atoms with van der Waals surface area (Å²) >= 11 is 5.69. The Morgan fingerprint density at radius 3 is 2.39 bits per heavy atom. The molecule has 18 heavy (non-hydrogen) atoms. The Bertz CT molecular complexity index is 457. The molecule has 0 radical (unpaired) electrons. The van der Waals surface area contributed by atoms with Gasteiger partial charge >= 0.3 is 0 Å². The number of hydrogen-bond acceptors (Lipinski definition) is 2. The molecule has 0 saturated heterocycles. The van der Waals surface area contributed by atoms with Crippen molar-refractivity contribution in [3.63, 3.8) is 0 Å². The lowest BCUT2D eigenvalue weighted by atomic mass is 9.91. The van der Waals surface area contributed by atoms with Gasteiger partial charge in [-0.2, -0.15) is 0 Å². The lowest BCUT2D eigenvalue weighted by molar-refractivity contribution is 0.352. The van der Waals surface area contributed by atoms with Gasteiger partial charge < -0.3 is 0 Å². The van der Waals surface area contributed by atoms with Gasteiger partial charge in [-0.3, -0.25) is 0 Å². The van der Waals surface area contributed by atoms with E-state index < -0.39 is 10.0 Å². The van der Waals surface area contributed by atoms with E-state index in [1.165, 1.54) is 0 Å². The molecule has 0 unspecified atom stereocenters. The minimum Gasteiger partial charge on any atom is -0.214 e. The predicted molar refractivity (Wildman–Crippen MR) is 76.2 cm³/mol. The van der Waals surface area contributed by atoms with Crippen LogP contribution in [0.3, 0.4) is 0 Å². The number of nitrogens with one attached hydrogen (secondary N) is 1. The van der Waals surface area contributed by atoms with Crippen LogP contribution in [0.15, 0.2) is 30.3 Å². The van der Waals surface area contributed by atoms with E-state index in [0.717, 1.165) is 12.0 Å². The van der Waals surface area contributed by atoms with Crippen LogP contribution in [0.25, 0.3) is 0 Å². The van der Waals surface area contributed by atoms with Crippen molar-refractivity contribution in [1.82, 2.24) is 4.72 Å². The number of hydrogen-bond donors (Lipinski definition) is 1. The lowest BCUT2D eigenvalue weighted by Crippen LogP contribution is -2.35. The summed E-state index contributed by atoms with van der Waals surface area (Å²) in [6, 6.07) is 9.16. The van der Waals surface area contributed by atoms with Crippen molar-refractivity contribution in [1.29, 1.82) is 0 Å². The van der Waals surface area contributed by atoms with E-state index in [-0.39, 0.29) is 11.2 Å². The van der Waals surface area contributed by atoms with Gasteiger partial charge in [0, 0.05) is 12.4 Å². The molecule has 3 nitrogen and oxygen atoms in total. The van der Waals surface area contributed by atoms with Gasteiger partial charge in [0.05, 0.1) is 5.75 Å². The third-order valence-electron chi connectivity index (χ3n) is 2.74. The highest BCUT2D eigenvalue weighted by atomic mass is 35.5. The molecule has 0 heterocycles. The number of alkyl halides is 1. The second-order valence-electron chi connectivity index (χ2n) is 5.17. The molecule has 0 aliphatic carbocycles. The fourth-order valence-electron chi connectivity index (χ4n) is 1.49. The minimum absolute atomic E-state index is 0.0186. The Morgan fingerprint density at radius 1 is 1.22 bits per heavy atom. The normalized spacial score (nSPS) is 12.6. The van der Waals surface area contributed by atoms with Crippen LogP contribution in [0.1, 0.15) is 25.8 Å². The van der Waals surface area contributed by atoms with Crippen molar-refractivity contribution in [2.24, 2.45) is 5.41 Å². The molecule has 1 N–H and O–H groups in total. The second kappa shape index (κ2) is 6.55. The molecule has 1 aromatic rings. The van der Waals surface area contributed by atoms with Crippen LogP contribution in [0, 0.1) is 5.41 Å². The van der Waals surface area contributed by atoms with Crippen molar-refractivity contribution < 1.29 is 8.42 Å². The molecule has 0 spiro atoms. The first-order chi connectivity index (χ1) is 8.35. The van der Waals surface area contributed by atoms with Crippen LogP contribution >= 0.6 is 11.6 Å². The van der Waals surface area contributed by atoms with E-state index >= 15 is 0 Å². The highest BCUT2D eigenvalue weighted by Gasteiger charge is 2.20. The molecule has 0 aromatic heterocycles. The molecule has 1 aromatic carbocycles. The van der Waals surface area contributed by atoms with Gasteiger partial charge in [-0.05, 0) is 17.4 Å². The summed E-state index contributed by atoms with van der Waals surface area (Å²) in [5.74, 6) is 0.554. The maximum absolute atomic E-state index is 11.9. The quantitative estimate of drug-likeness (QED) is 0.785. The monoisotopic (exact) mass is 289 g/mol. The number of rotatable bonds is 7. The summed E-state index contributed by atoms with van der Waals surface area (Å²) in [5, 5.41) is 0. The van der Waals surface area contributed by atoms with E-state index in [4.69, 9.17) is 11.6 Å². The predicted octanol–water partition coefficient (Wildman–Crippen LogP) is 2.76. The van der Waals surface area contributed by atoms with Crippen molar-refractivity contribution in [2.75, 3.05) is 12.4 Å². The molecule has 1 rings (SSSR count). The molecular weight excluding hydrogens is 270 g/mol. The molecule has 0 atom stereocenters. The first-order valence-corrected chi connectivity index (χ1v) is 8.11. The Balaban J connectivity index is 2.56. The van der Waals surface area contributed by atoms with Crippen molar-refractivity contribution >= 4 is 21.6 Å². The summed E-state index contributed by atoms with van der Waals surface area (Å²) in [5.41, 5.74) is 0.672. The maximum atomic E-state index is 11.9. The zero-order chi connectivity index (χ0) is 13.6. The Hall–Kier alpha value is -0.580. The average molecular weight is 290 g/mol. The maximum Gasteiger partial charge on any atom is 0.215 e. The first kappa shape index (κ1) is 15.5. The highest BCUT2D eigenvalue weighted by Crippen LogP contribution is 2.20. The first-order valence-electron chi connectivity index (χ1n) is 5.92. The minimum atomic E-state index is -3.28. The summed E-state index contributed by atoms with van der Waals surface area (Å²) in [4.78, 5) is 0. The third kappa shape index (κ3) is 5.85. The Kier molecular flexibility index (Phi) is 5.63. The SMILES string of the molecule is CC(C)(CCCl)CNS(=O)(=O)Cc1ccccc1. The lowest BCUT2D eigenvalue weighted by Gasteiger charge is -2.23. The fourth-order valence-corrected chi connectivity index (χ4v) is 3.35. The van der Waals surface area contributed by atoms with Crippen LogP contribution in [-0.4, -0.2) is 20.8 Å². The van der Waals surface area contributed by atoms with Crippen LogP contribution in [-0.2, 0) is 15.8 Å². The summed E-state index contributed by atoms with van der Waals surface area (Å²) in [6.45, 7) is 4.41. The molecular formula is C13H20ClNO2S. The van der Waals surface area contributed by atoms with Gasteiger partial charge in [-0.25, -0.2) is 13.1 Å². The van der Waals surface area contributed by atoms with Crippen molar-refractivity contribution in [3.8, 4) is 0 Å². The van der Waals surface area contributed by atoms with Crippen LogP contribution in [0.5, 0.6) is 0 Å². The smallest absolute Gasteiger partial charge is 0.214 e. The number of sulfonamides is 1. The molecule has 5 heteroatoms. The van der Waals surface area contributed by atoms with Gasteiger partial charge in [0.25, 0.3) is 0 Å². The zero-order valence-corrected chi connectivity index (χ0v) is 12.4. The second-order valence-corrected chi connectivity index (χ2v) is 7.35. The van der Waals surface area contributed by atoms with E-state index in [1.807, 2.05) is 44.2 Å². The van der Waals surface area contributed by atoms with E-state index in [0.29, 0.717) is 12.4 Å². The van der Waals surface area contributed by atoms with Crippen molar-refractivity contribution in [3.05, 3.63) is 35.9 Å². The van der Waals surface area contributed by atoms with Gasteiger partial charge in [0.2, 0.25) is 10.0 Å². The summed E-state index contributed by atoms with van der Waals surface area (Å²) in [6.07, 6.45) is 0.780. The molecule has 0 amide bonds. The largest absolute Gasteiger partial charge is 0.215 e. The van der Waals surface area contributed by atoms with Gasteiger partial charge in [0.15, 0.2) is 0 Å². The van der Waals surface area contributed by atoms with E-state index in [1.54, 1.807) is 0 Å². The summed E-state index contributed by atoms with van der Waals surface area (Å²) in [7, 11) is -3.28. The van der Waals surface area contributed by atoms with Crippen LogP contribution in [0.2, 0.25) is 0 Å². The molecule has 102 valence electrons. The van der Waals surface area contributed by atoms with Gasteiger partial charge in [0.1, 0.15) is 0 Å². The topological polar surface area (TPSA) is 46.2 Å². The summed E-state index contributed by atoms with van der Waals surface area (Å²) < 4.78 is 26.5. The molecule has 0 bridgehead atoms. The van der Waals surface area contributed by atoms with E-state index in [9.17, 15) is 8.42 Å². The molecule has 0 fully saturated rings. The molecule has 0 aliphatic rings. The fraction of sp³-hybridized carbons (Fsp3) is 0.538. The van der Waals surface area contributed by atoms with Crippen LogP contribution < -0.4 is 4.72 Å². The molecule has 0 aliphatic heterocycles. The van der Waals surface area contributed by atoms with Gasteiger partial charge in [-0.15, -0.1) is 11.6 Å². The zero-order valence-electron chi connectivity index (χ0n) is 10.8. The van der Waals surface area contributed by atoms with Crippen LogP contribution in [0.4, 0.5) is 0 Å². The van der Waals surface area contributed by atoms with Gasteiger partial charge in [-0.1, -0.05) is 44.2 Å². The number of halogens is 1. The number of benzene rings is 1. The highest BCUT2D eigenvalue weighted by molar-refractivity contribution is 7.88. The third-order valence-corrected chi connectivity index (χ3v) is 4.23. The standard InChI is InChI=1S/C13H20ClNO2S/c1-13(2,8-9-14)11-15-18(16,17)10-12-6-4-3-5-7-12/h3-7,15H,8-11H2,1-2H3. The molecule has 0 saturated carbocycles. The Labute approximate surface area is 115 Å². The van der Waals surface area contributed by atoms with Crippen molar-refractivity contribution in [2.45, 2.75) is 26.0 Å².